The molecule has 0 spiro atoms. The minimum absolute atomic E-state index is 0.928. The van der Waals surface area contributed by atoms with Gasteiger partial charge in [0, 0.05) is 6.54 Å². The second-order valence-electron chi connectivity index (χ2n) is 4.29. The minimum atomic E-state index is 0.928. The zero-order chi connectivity index (χ0) is 11.8. The fraction of sp³-hybridized carbons (Fsp3) is 0.571. The first-order valence-electron chi connectivity index (χ1n) is 6.07. The predicted octanol–water partition coefficient (Wildman–Crippen LogP) is 3.32. The van der Waals surface area contributed by atoms with Crippen molar-refractivity contribution >= 4 is 0 Å². The highest BCUT2D eigenvalue weighted by molar-refractivity contribution is 5.26. The molecular formula is C14H23NO. The third-order valence-corrected chi connectivity index (χ3v) is 2.75. The third-order valence-electron chi connectivity index (χ3n) is 2.75. The molecule has 2 heteroatoms. The van der Waals surface area contributed by atoms with Crippen LogP contribution in [0.2, 0.25) is 0 Å². The molecule has 0 heterocycles. The summed E-state index contributed by atoms with van der Waals surface area (Å²) in [5.74, 6) is 0.928. The Kier molecular flexibility index (Phi) is 5.94. The molecule has 0 aromatic heterocycles. The van der Waals surface area contributed by atoms with Gasteiger partial charge < -0.3 is 9.64 Å². The number of unbranched alkanes of at least 4 members (excludes halogenated alkanes) is 2. The Labute approximate surface area is 99.2 Å². The van der Waals surface area contributed by atoms with E-state index in [1.807, 2.05) is 12.1 Å². The molecule has 0 radical (unpaired) electrons. The average Bonchev–Trinajstić information content (AvgIpc) is 2.30. The Bertz CT molecular complexity index is 281. The number of rotatable bonds is 7. The molecule has 0 aliphatic carbocycles. The molecule has 0 N–H and O–H groups in total. The van der Waals surface area contributed by atoms with Gasteiger partial charge in [0.25, 0.3) is 0 Å². The topological polar surface area (TPSA) is 12.5 Å². The highest BCUT2D eigenvalue weighted by Gasteiger charge is 2.00. The van der Waals surface area contributed by atoms with Crippen molar-refractivity contribution in [3.8, 4) is 5.75 Å². The maximum atomic E-state index is 5.14. The molecule has 0 aliphatic heterocycles. The van der Waals surface area contributed by atoms with Gasteiger partial charge in [0.05, 0.1) is 7.11 Å². The van der Waals surface area contributed by atoms with E-state index < -0.39 is 0 Å². The molecule has 1 rings (SSSR count). The fourth-order valence-electron chi connectivity index (χ4n) is 1.75. The fourth-order valence-corrected chi connectivity index (χ4v) is 1.75. The standard InChI is InChI=1S/C14H23NO/c1-4-5-6-11-15(2)12-13-7-9-14(16-3)10-8-13/h7-10H,4-6,11-12H2,1-3H3. The third kappa shape index (κ3) is 4.67. The largest absolute Gasteiger partial charge is 0.497 e. The summed E-state index contributed by atoms with van der Waals surface area (Å²) < 4.78 is 5.14. The average molecular weight is 221 g/mol. The summed E-state index contributed by atoms with van der Waals surface area (Å²) >= 11 is 0. The molecule has 0 bridgehead atoms. The van der Waals surface area contributed by atoms with Crippen molar-refractivity contribution in [1.82, 2.24) is 4.90 Å². The lowest BCUT2D eigenvalue weighted by atomic mass is 10.2. The van der Waals surface area contributed by atoms with Crippen molar-refractivity contribution in [3.05, 3.63) is 29.8 Å². The van der Waals surface area contributed by atoms with Gasteiger partial charge in [-0.2, -0.15) is 0 Å². The van der Waals surface area contributed by atoms with Crippen LogP contribution in [0.3, 0.4) is 0 Å². The van der Waals surface area contributed by atoms with Crippen LogP contribution in [-0.4, -0.2) is 25.6 Å². The van der Waals surface area contributed by atoms with Crippen molar-refractivity contribution in [1.29, 1.82) is 0 Å². The van der Waals surface area contributed by atoms with Crippen LogP contribution in [0, 0.1) is 0 Å². The summed E-state index contributed by atoms with van der Waals surface area (Å²) in [7, 11) is 3.88. The zero-order valence-electron chi connectivity index (χ0n) is 10.7. The van der Waals surface area contributed by atoms with Crippen LogP contribution < -0.4 is 4.74 Å². The van der Waals surface area contributed by atoms with E-state index in [9.17, 15) is 0 Å². The summed E-state index contributed by atoms with van der Waals surface area (Å²) in [4.78, 5) is 2.37. The van der Waals surface area contributed by atoms with Gasteiger partial charge in [-0.3, -0.25) is 0 Å². The van der Waals surface area contributed by atoms with E-state index >= 15 is 0 Å². The van der Waals surface area contributed by atoms with E-state index in [0.717, 1.165) is 12.3 Å². The Balaban J connectivity index is 2.34. The predicted molar refractivity (Wildman–Crippen MR) is 68.9 cm³/mol. The summed E-state index contributed by atoms with van der Waals surface area (Å²) in [6.07, 6.45) is 3.91. The summed E-state index contributed by atoms with van der Waals surface area (Å²) in [5, 5.41) is 0. The quantitative estimate of drug-likeness (QED) is 0.655. The van der Waals surface area contributed by atoms with Crippen LogP contribution in [0.25, 0.3) is 0 Å². The summed E-state index contributed by atoms with van der Waals surface area (Å²) in [6.45, 7) is 4.44. The lowest BCUT2D eigenvalue weighted by Crippen LogP contribution is -2.18. The second kappa shape index (κ2) is 7.29. The minimum Gasteiger partial charge on any atom is -0.497 e. The van der Waals surface area contributed by atoms with Crippen LogP contribution in [0.1, 0.15) is 31.7 Å². The van der Waals surface area contributed by atoms with Gasteiger partial charge in [-0.1, -0.05) is 31.9 Å². The normalized spacial score (nSPS) is 10.8. The van der Waals surface area contributed by atoms with Gasteiger partial charge in [-0.05, 0) is 37.7 Å². The molecule has 2 nitrogen and oxygen atoms in total. The van der Waals surface area contributed by atoms with Gasteiger partial charge >= 0.3 is 0 Å². The van der Waals surface area contributed by atoms with E-state index in [1.165, 1.54) is 31.4 Å². The maximum Gasteiger partial charge on any atom is 0.118 e. The van der Waals surface area contributed by atoms with E-state index in [-0.39, 0.29) is 0 Å². The maximum absolute atomic E-state index is 5.14. The van der Waals surface area contributed by atoms with Crippen LogP contribution in [0.15, 0.2) is 24.3 Å². The smallest absolute Gasteiger partial charge is 0.118 e. The lowest BCUT2D eigenvalue weighted by Gasteiger charge is -2.16. The number of nitrogens with zero attached hydrogens (tertiary/aromatic N) is 1. The number of hydrogen-bond donors (Lipinski definition) is 0. The molecule has 0 saturated heterocycles. The van der Waals surface area contributed by atoms with Crippen LogP contribution in [-0.2, 0) is 6.54 Å². The Morgan fingerprint density at radius 2 is 1.81 bits per heavy atom. The van der Waals surface area contributed by atoms with E-state index in [1.54, 1.807) is 7.11 Å². The van der Waals surface area contributed by atoms with E-state index in [2.05, 4.69) is 31.0 Å². The lowest BCUT2D eigenvalue weighted by molar-refractivity contribution is 0.318. The highest BCUT2D eigenvalue weighted by atomic mass is 16.5. The van der Waals surface area contributed by atoms with Crippen molar-refractivity contribution in [2.24, 2.45) is 0 Å². The SMILES string of the molecule is CCCCCN(C)Cc1ccc(OC)cc1. The Morgan fingerprint density at radius 3 is 2.38 bits per heavy atom. The van der Waals surface area contributed by atoms with Crippen molar-refractivity contribution < 1.29 is 4.74 Å². The van der Waals surface area contributed by atoms with Gasteiger partial charge in [-0.25, -0.2) is 0 Å². The van der Waals surface area contributed by atoms with E-state index in [4.69, 9.17) is 4.74 Å². The number of methoxy groups -OCH3 is 1. The summed E-state index contributed by atoms with van der Waals surface area (Å²) in [5.41, 5.74) is 1.35. The molecule has 0 fully saturated rings. The molecule has 0 saturated carbocycles. The van der Waals surface area contributed by atoms with Gasteiger partial charge in [-0.15, -0.1) is 0 Å². The summed E-state index contributed by atoms with van der Waals surface area (Å²) in [6, 6.07) is 8.31. The van der Waals surface area contributed by atoms with Crippen molar-refractivity contribution in [2.75, 3.05) is 20.7 Å². The van der Waals surface area contributed by atoms with E-state index in [0.29, 0.717) is 0 Å². The molecule has 0 atom stereocenters. The first-order chi connectivity index (χ1) is 7.76. The van der Waals surface area contributed by atoms with Crippen molar-refractivity contribution in [3.63, 3.8) is 0 Å². The molecule has 0 amide bonds. The first kappa shape index (κ1) is 13.0. The molecule has 1 aromatic carbocycles. The van der Waals surface area contributed by atoms with Crippen LogP contribution in [0.4, 0.5) is 0 Å². The highest BCUT2D eigenvalue weighted by Crippen LogP contribution is 2.12. The van der Waals surface area contributed by atoms with Gasteiger partial charge in [0.15, 0.2) is 0 Å². The first-order valence-corrected chi connectivity index (χ1v) is 6.07. The van der Waals surface area contributed by atoms with Crippen LogP contribution in [0.5, 0.6) is 5.75 Å². The van der Waals surface area contributed by atoms with Gasteiger partial charge in [0.2, 0.25) is 0 Å². The number of hydrogen-bond acceptors (Lipinski definition) is 2. The van der Waals surface area contributed by atoms with Crippen molar-refractivity contribution in [2.45, 2.75) is 32.7 Å². The van der Waals surface area contributed by atoms with Crippen LogP contribution >= 0.6 is 0 Å². The second-order valence-corrected chi connectivity index (χ2v) is 4.29. The number of ether oxygens (including phenoxy) is 1. The molecule has 90 valence electrons. The molecule has 1 aromatic rings. The molecule has 0 unspecified atom stereocenters. The Morgan fingerprint density at radius 1 is 1.12 bits per heavy atom. The Hall–Kier alpha value is -1.02. The molecular weight excluding hydrogens is 198 g/mol. The van der Waals surface area contributed by atoms with Gasteiger partial charge in [0.1, 0.15) is 5.75 Å². The molecule has 16 heavy (non-hydrogen) atoms. The number of benzene rings is 1. The zero-order valence-corrected chi connectivity index (χ0v) is 10.7. The monoisotopic (exact) mass is 221 g/mol. The molecule has 0 aliphatic rings.